The van der Waals surface area contributed by atoms with Crippen LogP contribution in [0.25, 0.3) is 0 Å². The molecule has 0 bridgehead atoms. The second kappa shape index (κ2) is 10.2. The average Bonchev–Trinajstić information content (AvgIpc) is 2.45. The number of aliphatic hydroxyl groups excluding tert-OH is 2. The highest BCUT2D eigenvalue weighted by atomic mass is 16.4. The number of rotatable bonds is 13. The molecule has 1 atom stereocenters. The van der Waals surface area contributed by atoms with Crippen LogP contribution >= 0.6 is 0 Å². The van der Waals surface area contributed by atoms with E-state index in [2.05, 4.69) is 13.8 Å². The summed E-state index contributed by atoms with van der Waals surface area (Å²) in [6.45, 7) is 8.10. The fraction of sp³-hybridized carbons (Fsp3) is 0.944. The molecule has 0 aliphatic rings. The maximum atomic E-state index is 11.0. The van der Waals surface area contributed by atoms with Crippen molar-refractivity contribution in [1.29, 1.82) is 0 Å². The van der Waals surface area contributed by atoms with Gasteiger partial charge >= 0.3 is 5.97 Å². The van der Waals surface area contributed by atoms with Crippen molar-refractivity contribution in [3.8, 4) is 0 Å². The van der Waals surface area contributed by atoms with Gasteiger partial charge in [-0.2, -0.15) is 0 Å². The third kappa shape index (κ3) is 9.42. The molecule has 1 unspecified atom stereocenters. The first-order valence-corrected chi connectivity index (χ1v) is 8.60. The van der Waals surface area contributed by atoms with Crippen molar-refractivity contribution in [2.75, 3.05) is 13.2 Å². The minimum absolute atomic E-state index is 0.00285. The predicted octanol–water partition coefficient (Wildman–Crippen LogP) is 3.85. The van der Waals surface area contributed by atoms with Gasteiger partial charge in [0.2, 0.25) is 0 Å². The summed E-state index contributed by atoms with van der Waals surface area (Å²) < 4.78 is 0. The number of carbonyl (C=O) groups is 1. The standard InChI is InChI=1S/C18H36O4/c1-17(2,14-20)11-7-5-9-15(13-19)10-6-8-12-18(3,4)16(21)22/h15,19-20H,5-14H2,1-4H3,(H,21,22). The molecule has 4 heteroatoms. The minimum atomic E-state index is -0.738. The van der Waals surface area contributed by atoms with Crippen molar-refractivity contribution in [1.82, 2.24) is 0 Å². The Bertz CT molecular complexity index is 310. The van der Waals surface area contributed by atoms with Crippen molar-refractivity contribution in [2.45, 2.75) is 79.1 Å². The van der Waals surface area contributed by atoms with Gasteiger partial charge in [0.15, 0.2) is 0 Å². The first-order valence-electron chi connectivity index (χ1n) is 8.60. The first kappa shape index (κ1) is 21.4. The lowest BCUT2D eigenvalue weighted by molar-refractivity contribution is -0.147. The number of unbranched alkanes of at least 4 members (excludes halogenated alkanes) is 2. The van der Waals surface area contributed by atoms with Gasteiger partial charge < -0.3 is 15.3 Å². The van der Waals surface area contributed by atoms with Gasteiger partial charge in [0.05, 0.1) is 5.41 Å². The molecule has 3 N–H and O–H groups in total. The third-order valence-corrected chi connectivity index (χ3v) is 4.65. The van der Waals surface area contributed by atoms with Gasteiger partial charge in [0.1, 0.15) is 0 Å². The molecule has 0 saturated carbocycles. The molecule has 0 aromatic rings. The SMILES string of the molecule is CC(C)(CO)CCCCC(CO)CCCCC(C)(C)C(=O)O. The van der Waals surface area contributed by atoms with E-state index in [9.17, 15) is 15.0 Å². The van der Waals surface area contributed by atoms with Crippen LogP contribution in [-0.2, 0) is 4.79 Å². The smallest absolute Gasteiger partial charge is 0.309 e. The van der Waals surface area contributed by atoms with E-state index in [-0.39, 0.29) is 18.6 Å². The second-order valence-corrected chi connectivity index (χ2v) is 8.05. The Morgan fingerprint density at radius 3 is 1.82 bits per heavy atom. The van der Waals surface area contributed by atoms with Crippen LogP contribution in [0.3, 0.4) is 0 Å². The summed E-state index contributed by atoms with van der Waals surface area (Å²) in [4.78, 5) is 11.0. The molecule has 0 aromatic heterocycles. The van der Waals surface area contributed by atoms with E-state index in [4.69, 9.17) is 5.11 Å². The summed E-state index contributed by atoms with van der Waals surface area (Å²) in [5.41, 5.74) is -0.651. The number of aliphatic carboxylic acids is 1. The number of carboxylic acids is 1. The topological polar surface area (TPSA) is 77.8 Å². The second-order valence-electron chi connectivity index (χ2n) is 8.05. The minimum Gasteiger partial charge on any atom is -0.481 e. The lowest BCUT2D eigenvalue weighted by atomic mass is 9.85. The zero-order valence-corrected chi connectivity index (χ0v) is 14.9. The van der Waals surface area contributed by atoms with Crippen molar-refractivity contribution < 1.29 is 20.1 Å². The van der Waals surface area contributed by atoms with Crippen LogP contribution in [0.4, 0.5) is 0 Å². The van der Waals surface area contributed by atoms with Crippen LogP contribution in [0, 0.1) is 16.7 Å². The van der Waals surface area contributed by atoms with Crippen LogP contribution in [0.1, 0.15) is 79.1 Å². The zero-order valence-electron chi connectivity index (χ0n) is 14.9. The molecule has 22 heavy (non-hydrogen) atoms. The molecule has 4 nitrogen and oxygen atoms in total. The molecule has 0 fully saturated rings. The molecular weight excluding hydrogens is 280 g/mol. The molecule has 0 amide bonds. The largest absolute Gasteiger partial charge is 0.481 e. The fourth-order valence-electron chi connectivity index (χ4n) is 2.55. The third-order valence-electron chi connectivity index (χ3n) is 4.65. The van der Waals surface area contributed by atoms with Gasteiger partial charge in [-0.25, -0.2) is 0 Å². The Balaban J connectivity index is 3.83. The monoisotopic (exact) mass is 316 g/mol. The number of carboxylic acid groups (broad SMARTS) is 1. The summed E-state index contributed by atoms with van der Waals surface area (Å²) in [5.74, 6) is -0.414. The number of hydrogen-bond donors (Lipinski definition) is 3. The Kier molecular flexibility index (Phi) is 9.94. The average molecular weight is 316 g/mol. The van der Waals surface area contributed by atoms with E-state index in [1.807, 2.05) is 0 Å². The van der Waals surface area contributed by atoms with Crippen LogP contribution in [0.2, 0.25) is 0 Å². The van der Waals surface area contributed by atoms with E-state index in [1.54, 1.807) is 13.8 Å². The summed E-state index contributed by atoms with van der Waals surface area (Å²) in [6.07, 6.45) is 7.71. The molecule has 0 radical (unpaired) electrons. The number of aliphatic hydroxyl groups is 2. The molecule has 0 aliphatic carbocycles. The molecular formula is C18H36O4. The fourth-order valence-corrected chi connectivity index (χ4v) is 2.55. The van der Waals surface area contributed by atoms with E-state index < -0.39 is 11.4 Å². The Morgan fingerprint density at radius 1 is 0.909 bits per heavy atom. The quantitative estimate of drug-likeness (QED) is 0.451. The molecule has 0 saturated heterocycles. The lowest BCUT2D eigenvalue weighted by Crippen LogP contribution is -2.23. The molecule has 132 valence electrons. The van der Waals surface area contributed by atoms with Crippen LogP contribution in [-0.4, -0.2) is 34.5 Å². The maximum Gasteiger partial charge on any atom is 0.309 e. The molecule has 0 rings (SSSR count). The Hall–Kier alpha value is -0.610. The molecule has 0 spiro atoms. The highest BCUT2D eigenvalue weighted by Gasteiger charge is 2.26. The van der Waals surface area contributed by atoms with E-state index in [0.29, 0.717) is 12.3 Å². The first-order chi connectivity index (χ1) is 10.1. The predicted molar refractivity (Wildman–Crippen MR) is 89.8 cm³/mol. The van der Waals surface area contributed by atoms with Crippen molar-refractivity contribution in [3.63, 3.8) is 0 Å². The van der Waals surface area contributed by atoms with Gasteiger partial charge in [0, 0.05) is 13.2 Å². The van der Waals surface area contributed by atoms with Crippen LogP contribution in [0.5, 0.6) is 0 Å². The summed E-state index contributed by atoms with van der Waals surface area (Å²) in [7, 11) is 0. The summed E-state index contributed by atoms with van der Waals surface area (Å²) in [6, 6.07) is 0. The van der Waals surface area contributed by atoms with Gasteiger partial charge in [-0.1, -0.05) is 39.5 Å². The maximum absolute atomic E-state index is 11.0. The van der Waals surface area contributed by atoms with Gasteiger partial charge in [0.25, 0.3) is 0 Å². The molecule has 0 aromatic carbocycles. The Morgan fingerprint density at radius 2 is 1.41 bits per heavy atom. The summed E-state index contributed by atoms with van der Waals surface area (Å²) in [5, 5.41) is 27.7. The van der Waals surface area contributed by atoms with Crippen molar-refractivity contribution in [3.05, 3.63) is 0 Å². The van der Waals surface area contributed by atoms with Crippen LogP contribution in [0.15, 0.2) is 0 Å². The molecule has 0 heterocycles. The van der Waals surface area contributed by atoms with Gasteiger partial charge in [-0.3, -0.25) is 4.79 Å². The normalized spacial score (nSPS) is 14.1. The Labute approximate surface area is 135 Å². The van der Waals surface area contributed by atoms with E-state index >= 15 is 0 Å². The highest BCUT2D eigenvalue weighted by Crippen LogP contribution is 2.27. The lowest BCUT2D eigenvalue weighted by Gasteiger charge is -2.22. The van der Waals surface area contributed by atoms with Crippen LogP contribution < -0.4 is 0 Å². The van der Waals surface area contributed by atoms with E-state index in [1.165, 1.54) is 0 Å². The van der Waals surface area contributed by atoms with Crippen molar-refractivity contribution >= 4 is 5.97 Å². The highest BCUT2D eigenvalue weighted by molar-refractivity contribution is 5.73. The number of hydrogen-bond acceptors (Lipinski definition) is 3. The van der Waals surface area contributed by atoms with Crippen molar-refractivity contribution in [2.24, 2.45) is 16.7 Å². The summed E-state index contributed by atoms with van der Waals surface area (Å²) >= 11 is 0. The van der Waals surface area contributed by atoms with E-state index in [0.717, 1.165) is 44.9 Å². The van der Waals surface area contributed by atoms with Gasteiger partial charge in [-0.15, -0.1) is 0 Å². The zero-order chi connectivity index (χ0) is 17.2. The van der Waals surface area contributed by atoms with Gasteiger partial charge in [-0.05, 0) is 50.9 Å². The molecule has 0 aliphatic heterocycles.